The predicted octanol–water partition coefficient (Wildman–Crippen LogP) is 8.18. The molecule has 2 atom stereocenters. The highest BCUT2D eigenvalue weighted by atomic mass is 19.4. The largest absolute Gasteiger partial charge is 0.453 e. The van der Waals surface area contributed by atoms with Crippen LogP contribution in [0.15, 0.2) is 30.3 Å². The van der Waals surface area contributed by atoms with Gasteiger partial charge in [-0.3, -0.25) is 9.80 Å². The second-order valence-corrected chi connectivity index (χ2v) is 11.0. The minimum absolute atomic E-state index is 0.0510. The van der Waals surface area contributed by atoms with E-state index in [0.29, 0.717) is 23.4 Å². The van der Waals surface area contributed by atoms with Crippen LogP contribution in [0.3, 0.4) is 0 Å². The summed E-state index contributed by atoms with van der Waals surface area (Å²) in [4.78, 5) is 29.2. The maximum absolute atomic E-state index is 13.6. The summed E-state index contributed by atoms with van der Waals surface area (Å²) in [6.07, 6.45) is -10.1. The molecule has 1 heterocycles. The van der Waals surface area contributed by atoms with Crippen molar-refractivity contribution in [3.05, 3.63) is 63.7 Å². The molecule has 2 aromatic carbocycles. The molecule has 0 radical (unpaired) electrons. The van der Waals surface area contributed by atoms with E-state index in [9.17, 15) is 35.9 Å². The topological polar surface area (TPSA) is 59.1 Å². The van der Waals surface area contributed by atoms with Gasteiger partial charge in [0.15, 0.2) is 0 Å². The number of aryl methyl sites for hydroxylation is 2. The normalized spacial score (nSPS) is 19.2. The third-order valence-electron chi connectivity index (χ3n) is 7.54. The number of benzene rings is 2. The summed E-state index contributed by atoms with van der Waals surface area (Å²) >= 11 is 0. The number of fused-ring (bicyclic) bond motifs is 1. The summed E-state index contributed by atoms with van der Waals surface area (Å²) < 4.78 is 91.9. The second-order valence-electron chi connectivity index (χ2n) is 11.0. The lowest BCUT2D eigenvalue weighted by atomic mass is 9.86. The minimum atomic E-state index is -5.04. The fourth-order valence-electron chi connectivity index (χ4n) is 5.34. The van der Waals surface area contributed by atoms with E-state index in [-0.39, 0.29) is 24.0 Å². The van der Waals surface area contributed by atoms with Crippen LogP contribution >= 0.6 is 0 Å². The highest BCUT2D eigenvalue weighted by Crippen LogP contribution is 2.49. The number of methoxy groups -OCH3 is 1. The molecule has 224 valence electrons. The molecular weight excluding hydrogens is 554 g/mol. The van der Waals surface area contributed by atoms with Crippen molar-refractivity contribution in [2.24, 2.45) is 5.92 Å². The van der Waals surface area contributed by atoms with Gasteiger partial charge in [-0.05, 0) is 99.4 Å². The zero-order valence-electron chi connectivity index (χ0n) is 23.3. The van der Waals surface area contributed by atoms with Crippen LogP contribution in [0.4, 0.5) is 41.6 Å². The van der Waals surface area contributed by atoms with Crippen LogP contribution in [0.1, 0.15) is 72.5 Å². The Kier molecular flexibility index (Phi) is 8.26. The quantitative estimate of drug-likeness (QED) is 0.332. The number of halogens is 6. The van der Waals surface area contributed by atoms with Crippen LogP contribution in [0, 0.1) is 19.8 Å². The fraction of sp³-hybridized carbons (Fsp3) is 0.517. The number of carbonyl (C=O) groups excluding carboxylic acids is 2. The van der Waals surface area contributed by atoms with Crippen molar-refractivity contribution >= 4 is 17.9 Å². The Morgan fingerprint density at radius 3 is 2.00 bits per heavy atom. The minimum Gasteiger partial charge on any atom is -0.453 e. The zero-order valence-corrected chi connectivity index (χ0v) is 23.3. The number of hydrogen-bond donors (Lipinski definition) is 0. The third-order valence-corrected chi connectivity index (χ3v) is 7.54. The Balaban J connectivity index is 1.85. The number of ether oxygens (including phenoxy) is 2. The molecule has 1 saturated carbocycles. The van der Waals surface area contributed by atoms with E-state index in [1.165, 1.54) is 0 Å². The standard InChI is InChI=1S/C29H32F6N2O4/c1-15(2)41-27(39)37-23(19-6-7-19)13-24(22-8-16(3)17(4)9-25(22)37)36(26(38)40-5)14-18-10-20(28(30,31)32)12-21(11-18)29(33,34)35/h8-12,15,19,23-24H,6-7,13-14H2,1-5H3. The van der Waals surface area contributed by atoms with Gasteiger partial charge in [-0.25, -0.2) is 9.59 Å². The summed E-state index contributed by atoms with van der Waals surface area (Å²) in [5.74, 6) is 0.0943. The number of carbonyl (C=O) groups is 2. The summed E-state index contributed by atoms with van der Waals surface area (Å²) in [5, 5.41) is 0. The van der Waals surface area contributed by atoms with Crippen molar-refractivity contribution in [1.29, 1.82) is 0 Å². The average Bonchev–Trinajstić information content (AvgIpc) is 3.71. The molecule has 2 unspecified atom stereocenters. The van der Waals surface area contributed by atoms with E-state index in [1.807, 2.05) is 13.8 Å². The second kappa shape index (κ2) is 11.1. The van der Waals surface area contributed by atoms with Crippen molar-refractivity contribution in [2.75, 3.05) is 12.0 Å². The first-order chi connectivity index (χ1) is 19.0. The maximum atomic E-state index is 13.6. The molecule has 0 saturated heterocycles. The maximum Gasteiger partial charge on any atom is 0.416 e. The van der Waals surface area contributed by atoms with E-state index < -0.39 is 60.4 Å². The number of rotatable bonds is 5. The molecular formula is C29H32F6N2O4. The summed E-state index contributed by atoms with van der Waals surface area (Å²) in [7, 11) is 1.09. The van der Waals surface area contributed by atoms with E-state index in [1.54, 1.807) is 30.9 Å². The van der Waals surface area contributed by atoms with Crippen molar-refractivity contribution < 1.29 is 45.4 Å². The van der Waals surface area contributed by atoms with Gasteiger partial charge in [0.2, 0.25) is 0 Å². The van der Waals surface area contributed by atoms with Gasteiger partial charge in [0, 0.05) is 12.6 Å². The lowest BCUT2D eigenvalue weighted by Gasteiger charge is -2.44. The highest BCUT2D eigenvalue weighted by molar-refractivity contribution is 5.91. The Labute approximate surface area is 234 Å². The third kappa shape index (κ3) is 6.56. The first kappa shape index (κ1) is 30.5. The van der Waals surface area contributed by atoms with Gasteiger partial charge in [-0.2, -0.15) is 26.3 Å². The molecule has 2 aromatic rings. The predicted molar refractivity (Wildman–Crippen MR) is 138 cm³/mol. The van der Waals surface area contributed by atoms with Gasteiger partial charge >= 0.3 is 24.5 Å². The Morgan fingerprint density at radius 1 is 0.951 bits per heavy atom. The first-order valence-electron chi connectivity index (χ1n) is 13.2. The Bertz CT molecular complexity index is 1290. The van der Waals surface area contributed by atoms with Crippen LogP contribution in [-0.4, -0.2) is 36.3 Å². The van der Waals surface area contributed by atoms with Crippen LogP contribution < -0.4 is 4.90 Å². The van der Waals surface area contributed by atoms with Crippen LogP contribution in [0.25, 0.3) is 0 Å². The van der Waals surface area contributed by atoms with E-state index in [4.69, 9.17) is 9.47 Å². The molecule has 12 heteroatoms. The molecule has 0 aromatic heterocycles. The summed E-state index contributed by atoms with van der Waals surface area (Å²) in [6, 6.07) is 3.66. The van der Waals surface area contributed by atoms with E-state index in [2.05, 4.69) is 0 Å². The Morgan fingerprint density at radius 2 is 1.51 bits per heavy atom. The van der Waals surface area contributed by atoms with E-state index in [0.717, 1.165) is 36.0 Å². The molecule has 4 rings (SSSR count). The molecule has 1 aliphatic carbocycles. The fourth-order valence-corrected chi connectivity index (χ4v) is 5.34. The lowest BCUT2D eigenvalue weighted by molar-refractivity contribution is -0.143. The number of amides is 2. The molecule has 6 nitrogen and oxygen atoms in total. The van der Waals surface area contributed by atoms with Crippen molar-refractivity contribution in [3.8, 4) is 0 Å². The van der Waals surface area contributed by atoms with Crippen LogP contribution in [-0.2, 0) is 28.4 Å². The van der Waals surface area contributed by atoms with Gasteiger partial charge in [-0.15, -0.1) is 0 Å². The monoisotopic (exact) mass is 586 g/mol. The average molecular weight is 587 g/mol. The SMILES string of the molecule is COC(=O)N(Cc1cc(C(F)(F)F)cc(C(F)(F)F)c1)C1CC(C2CC2)N(C(=O)OC(C)C)c2cc(C)c(C)cc21. The van der Waals surface area contributed by atoms with Gasteiger partial charge in [0.1, 0.15) is 0 Å². The Hall–Kier alpha value is -3.44. The number of alkyl halides is 6. The summed E-state index contributed by atoms with van der Waals surface area (Å²) in [6.45, 7) is 6.56. The molecule has 0 spiro atoms. The molecule has 2 aliphatic rings. The molecule has 1 aliphatic heterocycles. The molecule has 0 N–H and O–H groups in total. The lowest BCUT2D eigenvalue weighted by Crippen LogP contribution is -2.50. The van der Waals surface area contributed by atoms with Crippen molar-refractivity contribution in [1.82, 2.24) is 4.90 Å². The molecule has 1 fully saturated rings. The first-order valence-corrected chi connectivity index (χ1v) is 13.2. The van der Waals surface area contributed by atoms with Gasteiger partial charge in [0.05, 0.1) is 36.1 Å². The number of nitrogens with zero attached hydrogens (tertiary/aromatic N) is 2. The molecule has 2 amide bonds. The smallest absolute Gasteiger partial charge is 0.416 e. The molecule has 41 heavy (non-hydrogen) atoms. The van der Waals surface area contributed by atoms with Crippen molar-refractivity contribution in [2.45, 2.75) is 84.0 Å². The highest BCUT2D eigenvalue weighted by Gasteiger charge is 2.47. The number of anilines is 1. The van der Waals surface area contributed by atoms with Gasteiger partial charge in [-0.1, -0.05) is 6.07 Å². The van der Waals surface area contributed by atoms with E-state index >= 15 is 0 Å². The van der Waals surface area contributed by atoms with Gasteiger partial charge < -0.3 is 9.47 Å². The zero-order chi connectivity index (χ0) is 30.4. The van der Waals surface area contributed by atoms with Crippen LogP contribution in [0.5, 0.6) is 0 Å². The number of hydrogen-bond acceptors (Lipinski definition) is 4. The van der Waals surface area contributed by atoms with Gasteiger partial charge in [0.25, 0.3) is 0 Å². The van der Waals surface area contributed by atoms with Crippen molar-refractivity contribution in [3.63, 3.8) is 0 Å². The molecule has 0 bridgehead atoms. The summed E-state index contributed by atoms with van der Waals surface area (Å²) in [5.41, 5.74) is -0.590. The van der Waals surface area contributed by atoms with Crippen LogP contribution in [0.2, 0.25) is 0 Å².